The predicted molar refractivity (Wildman–Crippen MR) is 180 cm³/mol. The van der Waals surface area contributed by atoms with Gasteiger partial charge in [0.05, 0.1) is 40.8 Å². The van der Waals surface area contributed by atoms with Crippen LogP contribution in [0.4, 0.5) is 5.69 Å². The molecule has 8 nitrogen and oxygen atoms in total. The number of hydrogen-bond acceptors (Lipinski definition) is 5. The van der Waals surface area contributed by atoms with Crippen LogP contribution in [0.1, 0.15) is 46.1 Å². The van der Waals surface area contributed by atoms with Crippen molar-refractivity contribution in [2.75, 3.05) is 24.6 Å². The number of nitrogens with zero attached hydrogens (tertiary/aromatic N) is 3. The van der Waals surface area contributed by atoms with Gasteiger partial charge in [0.15, 0.2) is 0 Å². The van der Waals surface area contributed by atoms with E-state index < -0.39 is 35.1 Å². The maximum atomic E-state index is 15.0. The number of halogens is 1. The number of anilines is 1. The molecule has 3 aliphatic heterocycles. The molecule has 2 bridgehead atoms. The molecule has 2 aromatic carbocycles. The van der Waals surface area contributed by atoms with Crippen molar-refractivity contribution < 1.29 is 24.2 Å². The average Bonchev–Trinajstić information content (AvgIpc) is 3.56. The van der Waals surface area contributed by atoms with E-state index in [1.165, 1.54) is 0 Å². The summed E-state index contributed by atoms with van der Waals surface area (Å²) in [7, 11) is 0. The number of aliphatic hydroxyl groups is 1. The summed E-state index contributed by atoms with van der Waals surface area (Å²) in [4.78, 5) is 49.5. The number of ether oxygens (including phenoxy) is 1. The Hall–Kier alpha value is -3.46. The number of carbonyl (C=O) groups is 3. The molecular formula is C37H46ClN3O5. The first-order chi connectivity index (χ1) is 22.0. The van der Waals surface area contributed by atoms with Crippen molar-refractivity contribution in [3.63, 3.8) is 0 Å². The van der Waals surface area contributed by atoms with Crippen molar-refractivity contribution in [2.24, 2.45) is 23.7 Å². The molecule has 2 aromatic rings. The summed E-state index contributed by atoms with van der Waals surface area (Å²) in [6.45, 7) is 16.1. The lowest BCUT2D eigenvalue weighted by atomic mass is 9.62. The fourth-order valence-corrected chi connectivity index (χ4v) is 8.38. The number of rotatable bonds is 13. The molecule has 8 atom stereocenters. The van der Waals surface area contributed by atoms with Crippen molar-refractivity contribution in [1.82, 2.24) is 9.80 Å². The molecule has 0 radical (unpaired) electrons. The Kier molecular flexibility index (Phi) is 9.83. The first-order valence-electron chi connectivity index (χ1n) is 16.2. The fourth-order valence-electron chi connectivity index (χ4n) is 8.15. The molecule has 3 unspecified atom stereocenters. The lowest BCUT2D eigenvalue weighted by Crippen LogP contribution is -2.60. The summed E-state index contributed by atoms with van der Waals surface area (Å²) in [5, 5.41) is 11.1. The van der Waals surface area contributed by atoms with E-state index in [1.54, 1.807) is 51.1 Å². The molecule has 3 aliphatic rings. The molecular weight excluding hydrogens is 602 g/mol. The number of hydrogen-bond donors (Lipinski definition) is 1. The molecule has 9 heteroatoms. The average molecular weight is 648 g/mol. The number of amides is 3. The van der Waals surface area contributed by atoms with Gasteiger partial charge in [-0.2, -0.15) is 0 Å². The van der Waals surface area contributed by atoms with Crippen LogP contribution in [0.5, 0.6) is 0 Å². The Morgan fingerprint density at radius 2 is 1.76 bits per heavy atom. The van der Waals surface area contributed by atoms with E-state index in [-0.39, 0.29) is 42.7 Å². The zero-order valence-electron chi connectivity index (χ0n) is 27.3. The Bertz CT molecular complexity index is 1480. The van der Waals surface area contributed by atoms with Gasteiger partial charge >= 0.3 is 0 Å². The van der Waals surface area contributed by atoms with Gasteiger partial charge in [0.2, 0.25) is 11.8 Å². The molecule has 3 amide bonds. The summed E-state index contributed by atoms with van der Waals surface area (Å²) >= 11 is 6.62. The van der Waals surface area contributed by atoms with Crippen molar-refractivity contribution in [3.8, 4) is 0 Å². The second kappa shape index (κ2) is 13.3. The zero-order valence-corrected chi connectivity index (χ0v) is 28.0. The van der Waals surface area contributed by atoms with Crippen LogP contribution >= 0.6 is 11.6 Å². The first-order valence-corrected chi connectivity index (χ1v) is 16.6. The van der Waals surface area contributed by atoms with E-state index in [4.69, 9.17) is 16.3 Å². The maximum absolute atomic E-state index is 15.0. The highest BCUT2D eigenvalue weighted by Crippen LogP contribution is 2.66. The number of benzene rings is 2. The van der Waals surface area contributed by atoms with E-state index in [9.17, 15) is 14.7 Å². The SMILES string of the molecule is C=CCN(Cc1ccccc1)C(=O)[C@@H]1[C@H]2C(=O)N([C@@H](CO)[C@@H](C)CC)C(C(=O)N(CC=C)c3ccccc3Cl)C23CC(C)[C@@]1(C)O3. The summed E-state index contributed by atoms with van der Waals surface area (Å²) in [5.74, 6) is -2.91. The van der Waals surface area contributed by atoms with Gasteiger partial charge in [-0.25, -0.2) is 0 Å². The molecule has 3 heterocycles. The molecule has 1 spiro atoms. The van der Waals surface area contributed by atoms with Gasteiger partial charge in [-0.05, 0) is 42.9 Å². The van der Waals surface area contributed by atoms with Crippen LogP contribution in [-0.2, 0) is 25.7 Å². The van der Waals surface area contributed by atoms with E-state index in [1.807, 2.05) is 58.0 Å². The van der Waals surface area contributed by atoms with Gasteiger partial charge in [-0.3, -0.25) is 14.4 Å². The van der Waals surface area contributed by atoms with E-state index in [0.29, 0.717) is 36.6 Å². The van der Waals surface area contributed by atoms with Crippen LogP contribution in [-0.4, -0.2) is 75.6 Å². The van der Waals surface area contributed by atoms with Crippen LogP contribution < -0.4 is 4.90 Å². The Labute approximate surface area is 277 Å². The highest BCUT2D eigenvalue weighted by atomic mass is 35.5. The van der Waals surface area contributed by atoms with Crippen LogP contribution in [0.2, 0.25) is 5.02 Å². The second-order valence-corrected chi connectivity index (χ2v) is 13.7. The number of aliphatic hydroxyl groups excluding tert-OH is 1. The summed E-state index contributed by atoms with van der Waals surface area (Å²) < 4.78 is 7.01. The molecule has 0 aromatic heterocycles. The fraction of sp³-hybridized carbons (Fsp3) is 0.486. The minimum Gasteiger partial charge on any atom is -0.394 e. The van der Waals surface area contributed by atoms with Gasteiger partial charge in [0.1, 0.15) is 11.6 Å². The largest absolute Gasteiger partial charge is 0.394 e. The molecule has 0 aliphatic carbocycles. The topological polar surface area (TPSA) is 90.4 Å². The molecule has 246 valence electrons. The maximum Gasteiger partial charge on any atom is 0.253 e. The zero-order chi connectivity index (χ0) is 33.4. The van der Waals surface area contributed by atoms with E-state index in [2.05, 4.69) is 13.2 Å². The molecule has 1 N–H and O–H groups in total. The third kappa shape index (κ3) is 5.38. The number of carbonyl (C=O) groups excluding carboxylic acids is 3. The Morgan fingerprint density at radius 1 is 1.11 bits per heavy atom. The minimum absolute atomic E-state index is 0.123. The van der Waals surface area contributed by atoms with Gasteiger partial charge in [0.25, 0.3) is 5.91 Å². The molecule has 3 saturated heterocycles. The number of likely N-dealkylation sites (tertiary alicyclic amines) is 1. The molecule has 46 heavy (non-hydrogen) atoms. The second-order valence-electron chi connectivity index (χ2n) is 13.3. The van der Waals surface area contributed by atoms with E-state index in [0.717, 1.165) is 5.56 Å². The van der Waals surface area contributed by atoms with Gasteiger partial charge < -0.3 is 24.5 Å². The van der Waals surface area contributed by atoms with Crippen molar-refractivity contribution in [2.45, 2.75) is 70.4 Å². The summed E-state index contributed by atoms with van der Waals surface area (Å²) in [5.41, 5.74) is -0.822. The van der Waals surface area contributed by atoms with Crippen LogP contribution in [0.25, 0.3) is 0 Å². The summed E-state index contributed by atoms with van der Waals surface area (Å²) in [6.07, 6.45) is 4.40. The normalized spacial score (nSPS) is 29.3. The minimum atomic E-state index is -1.28. The van der Waals surface area contributed by atoms with Crippen molar-refractivity contribution in [1.29, 1.82) is 0 Å². The standard InChI is InChI=1S/C37H46ClN3O5/c1-7-19-39(22-26-15-11-10-12-16-26)33(43)30-31-34(44)41(29(23-42)24(4)9-3)32(37(31)21-25(5)36(30,6)46-37)35(45)40(20-8-2)28-18-14-13-17-27(28)38/h7-8,10-18,24-25,29-32,42H,1-2,9,19-23H2,3-6H3/t24-,25?,29-,30-,31-,32?,36+,37?/m0/s1. The van der Waals surface area contributed by atoms with Crippen LogP contribution in [0.15, 0.2) is 79.9 Å². The van der Waals surface area contributed by atoms with Crippen LogP contribution in [0.3, 0.4) is 0 Å². The number of para-hydroxylation sites is 1. The van der Waals surface area contributed by atoms with Crippen LogP contribution in [0, 0.1) is 23.7 Å². The lowest BCUT2D eigenvalue weighted by molar-refractivity contribution is -0.155. The lowest BCUT2D eigenvalue weighted by Gasteiger charge is -2.41. The quantitative estimate of drug-likeness (QED) is 0.291. The van der Waals surface area contributed by atoms with Gasteiger partial charge in [-0.15, -0.1) is 13.2 Å². The monoisotopic (exact) mass is 647 g/mol. The highest BCUT2D eigenvalue weighted by molar-refractivity contribution is 6.34. The summed E-state index contributed by atoms with van der Waals surface area (Å²) in [6, 6.07) is 15.0. The molecule has 0 saturated carbocycles. The molecule has 3 fully saturated rings. The number of fused-ring (bicyclic) bond motifs is 1. The highest BCUT2D eigenvalue weighted by Gasteiger charge is 2.80. The van der Waals surface area contributed by atoms with Gasteiger partial charge in [-0.1, -0.05) is 93.4 Å². The van der Waals surface area contributed by atoms with E-state index >= 15 is 4.79 Å². The molecule has 5 rings (SSSR count). The Morgan fingerprint density at radius 3 is 2.37 bits per heavy atom. The van der Waals surface area contributed by atoms with Crippen molar-refractivity contribution >= 4 is 35.0 Å². The van der Waals surface area contributed by atoms with Crippen molar-refractivity contribution in [3.05, 3.63) is 90.5 Å². The Balaban J connectivity index is 1.65. The third-order valence-corrected chi connectivity index (χ3v) is 11.0. The smallest absolute Gasteiger partial charge is 0.253 e. The third-order valence-electron chi connectivity index (χ3n) is 10.7. The van der Waals surface area contributed by atoms with Gasteiger partial charge in [0, 0.05) is 19.6 Å². The first kappa shape index (κ1) is 33.9. The predicted octanol–water partition coefficient (Wildman–Crippen LogP) is 5.49.